The number of nitrogens with zero attached hydrogens (tertiary/aromatic N) is 5. The second-order valence-corrected chi connectivity index (χ2v) is 7.35. The lowest BCUT2D eigenvalue weighted by atomic mass is 10.1. The van der Waals surface area contributed by atoms with Crippen molar-refractivity contribution in [2.75, 3.05) is 6.54 Å². The predicted molar refractivity (Wildman–Crippen MR) is 98.9 cm³/mol. The molecule has 4 heterocycles. The molecule has 0 spiro atoms. The number of fused-ring (bicyclic) bond motifs is 1. The summed E-state index contributed by atoms with van der Waals surface area (Å²) in [6.45, 7) is 6.82. The Hall–Kier alpha value is -2.83. The molecule has 2 atom stereocenters. The van der Waals surface area contributed by atoms with Crippen LogP contribution in [-0.4, -0.2) is 55.2 Å². The maximum atomic E-state index is 13.1. The van der Waals surface area contributed by atoms with Gasteiger partial charge in [-0.15, -0.1) is 0 Å². The molecule has 27 heavy (non-hydrogen) atoms. The van der Waals surface area contributed by atoms with Crippen LogP contribution in [0.2, 0.25) is 0 Å². The highest BCUT2D eigenvalue weighted by Gasteiger charge is 2.48. The number of carbonyl (C=O) groups excluding carboxylic acids is 2. The van der Waals surface area contributed by atoms with Crippen molar-refractivity contribution in [3.63, 3.8) is 0 Å². The van der Waals surface area contributed by atoms with Crippen LogP contribution in [0.15, 0.2) is 24.5 Å². The van der Waals surface area contributed by atoms with E-state index in [1.165, 1.54) is 6.33 Å². The molecule has 0 N–H and O–H groups in total. The first-order chi connectivity index (χ1) is 13.0. The van der Waals surface area contributed by atoms with Gasteiger partial charge in [-0.25, -0.2) is 9.97 Å². The first kappa shape index (κ1) is 17.6. The average Bonchev–Trinajstić information content (AvgIpc) is 3.17. The zero-order valence-corrected chi connectivity index (χ0v) is 15.8. The molecule has 2 aromatic heterocycles. The zero-order valence-electron chi connectivity index (χ0n) is 15.8. The van der Waals surface area contributed by atoms with Crippen LogP contribution < -0.4 is 0 Å². The molecule has 7 nitrogen and oxygen atoms in total. The molecule has 2 fully saturated rings. The molecule has 2 aliphatic rings. The van der Waals surface area contributed by atoms with Gasteiger partial charge in [0.25, 0.3) is 5.91 Å². The minimum Gasteiger partial charge on any atom is -0.332 e. The molecular weight excluding hydrogens is 342 g/mol. The van der Waals surface area contributed by atoms with Crippen molar-refractivity contribution in [1.82, 2.24) is 24.8 Å². The quantitative estimate of drug-likeness (QED) is 0.829. The monoisotopic (exact) mass is 365 g/mol. The zero-order chi connectivity index (χ0) is 19.1. The summed E-state index contributed by atoms with van der Waals surface area (Å²) < 4.78 is 0. The Labute approximate surface area is 158 Å². The predicted octanol–water partition coefficient (Wildman–Crippen LogP) is 1.81. The van der Waals surface area contributed by atoms with E-state index in [-0.39, 0.29) is 23.9 Å². The summed E-state index contributed by atoms with van der Waals surface area (Å²) in [4.78, 5) is 42.3. The Morgan fingerprint density at radius 2 is 2.00 bits per heavy atom. The highest BCUT2D eigenvalue weighted by atomic mass is 16.2. The van der Waals surface area contributed by atoms with E-state index >= 15 is 0 Å². The maximum absolute atomic E-state index is 13.1. The van der Waals surface area contributed by atoms with Gasteiger partial charge in [0.1, 0.15) is 12.0 Å². The van der Waals surface area contributed by atoms with E-state index in [1.54, 1.807) is 0 Å². The van der Waals surface area contributed by atoms with E-state index in [1.807, 2.05) is 48.8 Å². The van der Waals surface area contributed by atoms with Crippen LogP contribution in [0.4, 0.5) is 0 Å². The van der Waals surface area contributed by atoms with Gasteiger partial charge in [-0.3, -0.25) is 14.6 Å². The van der Waals surface area contributed by atoms with Crippen molar-refractivity contribution in [2.24, 2.45) is 0 Å². The molecule has 2 aromatic rings. The summed E-state index contributed by atoms with van der Waals surface area (Å²) in [5, 5.41) is 0. The smallest absolute Gasteiger partial charge is 0.273 e. The standard InChI is InChI=1S/C20H23N5O2/c1-12-5-4-6-15(23-12)10-25-16-7-8-24(17(16)9-18(25)26)20(27)19-13(2)14(3)21-11-22-19/h4-6,11,16-17H,7-10H2,1-3H3/t16-,17-/m0/s1. The molecule has 4 rings (SSSR count). The molecule has 2 amide bonds. The third-order valence-electron chi connectivity index (χ3n) is 5.69. The SMILES string of the molecule is Cc1cccc(CN2C(=O)C[C@H]3[C@@H]2CCN3C(=O)c2ncnc(C)c2C)n1. The van der Waals surface area contributed by atoms with Gasteiger partial charge in [-0.05, 0) is 39.3 Å². The topological polar surface area (TPSA) is 79.3 Å². The molecule has 0 saturated carbocycles. The van der Waals surface area contributed by atoms with Crippen LogP contribution in [0.1, 0.15) is 46.0 Å². The van der Waals surface area contributed by atoms with Crippen molar-refractivity contribution in [3.05, 3.63) is 52.9 Å². The first-order valence-corrected chi connectivity index (χ1v) is 9.27. The number of pyridine rings is 1. The van der Waals surface area contributed by atoms with E-state index in [0.717, 1.165) is 29.1 Å². The fraction of sp³-hybridized carbons (Fsp3) is 0.450. The molecule has 0 bridgehead atoms. The van der Waals surface area contributed by atoms with E-state index < -0.39 is 0 Å². The number of hydrogen-bond donors (Lipinski definition) is 0. The molecule has 2 saturated heterocycles. The molecule has 7 heteroatoms. The fourth-order valence-electron chi connectivity index (χ4n) is 4.14. The third kappa shape index (κ3) is 3.07. The second-order valence-electron chi connectivity index (χ2n) is 7.35. The highest BCUT2D eigenvalue weighted by Crippen LogP contribution is 2.34. The van der Waals surface area contributed by atoms with Crippen molar-refractivity contribution >= 4 is 11.8 Å². The number of carbonyl (C=O) groups is 2. The Bertz CT molecular complexity index is 913. The van der Waals surface area contributed by atoms with Crippen LogP contribution in [-0.2, 0) is 11.3 Å². The van der Waals surface area contributed by atoms with Gasteiger partial charge in [-0.1, -0.05) is 6.07 Å². The van der Waals surface area contributed by atoms with Gasteiger partial charge < -0.3 is 9.80 Å². The van der Waals surface area contributed by atoms with Crippen LogP contribution in [0, 0.1) is 20.8 Å². The number of hydrogen-bond acceptors (Lipinski definition) is 5. The molecule has 140 valence electrons. The largest absolute Gasteiger partial charge is 0.332 e. The van der Waals surface area contributed by atoms with Gasteiger partial charge >= 0.3 is 0 Å². The summed E-state index contributed by atoms with van der Waals surface area (Å²) in [5.74, 6) is -0.0183. The number of aromatic nitrogens is 3. The van der Waals surface area contributed by atoms with Crippen molar-refractivity contribution in [3.8, 4) is 0 Å². The molecule has 0 aliphatic carbocycles. The molecule has 2 aliphatic heterocycles. The summed E-state index contributed by atoms with van der Waals surface area (Å²) in [6, 6.07) is 5.80. The first-order valence-electron chi connectivity index (χ1n) is 9.27. The van der Waals surface area contributed by atoms with Crippen LogP contribution in [0.5, 0.6) is 0 Å². The lowest BCUT2D eigenvalue weighted by molar-refractivity contribution is -0.129. The average molecular weight is 365 g/mol. The Morgan fingerprint density at radius 3 is 2.78 bits per heavy atom. The number of aryl methyl sites for hydroxylation is 2. The van der Waals surface area contributed by atoms with Crippen LogP contribution in [0.3, 0.4) is 0 Å². The second kappa shape index (κ2) is 6.72. The van der Waals surface area contributed by atoms with Gasteiger partial charge in [0.2, 0.25) is 5.91 Å². The van der Waals surface area contributed by atoms with E-state index in [9.17, 15) is 9.59 Å². The molecule has 0 radical (unpaired) electrons. The minimum absolute atomic E-state index is 0.0482. The summed E-state index contributed by atoms with van der Waals surface area (Å²) in [5.41, 5.74) is 3.87. The Morgan fingerprint density at radius 1 is 1.19 bits per heavy atom. The number of amides is 2. The van der Waals surface area contributed by atoms with Gasteiger partial charge in [0.15, 0.2) is 0 Å². The molecule has 0 aromatic carbocycles. The lowest BCUT2D eigenvalue weighted by Gasteiger charge is -2.25. The number of rotatable bonds is 3. The van der Waals surface area contributed by atoms with Crippen LogP contribution >= 0.6 is 0 Å². The minimum atomic E-state index is -0.103. The summed E-state index contributed by atoms with van der Waals surface area (Å²) >= 11 is 0. The Balaban J connectivity index is 1.55. The van der Waals surface area contributed by atoms with Crippen molar-refractivity contribution in [1.29, 1.82) is 0 Å². The van der Waals surface area contributed by atoms with E-state index in [2.05, 4.69) is 15.0 Å². The Kier molecular flexibility index (Phi) is 4.37. The normalized spacial score (nSPS) is 21.7. The maximum Gasteiger partial charge on any atom is 0.273 e. The highest BCUT2D eigenvalue weighted by molar-refractivity contribution is 5.95. The van der Waals surface area contributed by atoms with Gasteiger partial charge in [0, 0.05) is 29.9 Å². The van der Waals surface area contributed by atoms with Crippen LogP contribution in [0.25, 0.3) is 0 Å². The summed E-state index contributed by atoms with van der Waals surface area (Å²) in [6.07, 6.45) is 2.58. The van der Waals surface area contributed by atoms with Gasteiger partial charge in [-0.2, -0.15) is 0 Å². The molecular formula is C20H23N5O2. The third-order valence-corrected chi connectivity index (χ3v) is 5.69. The van der Waals surface area contributed by atoms with Crippen molar-refractivity contribution < 1.29 is 9.59 Å². The van der Waals surface area contributed by atoms with E-state index in [4.69, 9.17) is 0 Å². The fourth-order valence-corrected chi connectivity index (χ4v) is 4.14. The number of likely N-dealkylation sites (tertiary alicyclic amines) is 2. The van der Waals surface area contributed by atoms with Gasteiger partial charge in [0.05, 0.1) is 24.3 Å². The summed E-state index contributed by atoms with van der Waals surface area (Å²) in [7, 11) is 0. The lowest BCUT2D eigenvalue weighted by Crippen LogP contribution is -2.40. The van der Waals surface area contributed by atoms with E-state index in [0.29, 0.717) is 25.2 Å². The molecule has 0 unspecified atom stereocenters. The van der Waals surface area contributed by atoms with Crippen molar-refractivity contribution in [2.45, 2.75) is 52.2 Å².